The Morgan fingerprint density at radius 1 is 1.09 bits per heavy atom. The third-order valence-corrected chi connectivity index (χ3v) is 5.18. The smallest absolute Gasteiger partial charge is 0.0484 e. The van der Waals surface area contributed by atoms with Crippen LogP contribution >= 0.6 is 0 Å². The van der Waals surface area contributed by atoms with Gasteiger partial charge in [-0.2, -0.15) is 0 Å². The van der Waals surface area contributed by atoms with Crippen LogP contribution in [-0.4, -0.2) is 21.6 Å². The van der Waals surface area contributed by atoms with Crippen molar-refractivity contribution in [3.8, 4) is 0 Å². The highest BCUT2D eigenvalue weighted by molar-refractivity contribution is 5.86. The average Bonchev–Trinajstić information content (AvgIpc) is 2.99. The van der Waals surface area contributed by atoms with E-state index in [1.54, 1.807) is 0 Å². The normalized spacial score (nSPS) is 16.9. The Hall–Kier alpha value is -1.32. The van der Waals surface area contributed by atoms with E-state index < -0.39 is 0 Å². The molecule has 1 aliphatic heterocycles. The molecule has 2 N–H and O–H groups in total. The Labute approximate surface area is 134 Å². The first-order chi connectivity index (χ1) is 10.4. The summed E-state index contributed by atoms with van der Waals surface area (Å²) in [4.78, 5) is 2.53. The van der Waals surface area contributed by atoms with Gasteiger partial charge in [-0.15, -0.1) is 0 Å². The molecule has 0 aliphatic carbocycles. The topological polar surface area (TPSA) is 34.2 Å². The number of fused-ring (bicyclic) bond motifs is 2. The SMILES string of the molecule is CC(C)C(N)Cc1cn(C)c2cc3c(cc12)CN(C(C)C)C3. The maximum absolute atomic E-state index is 6.31. The molecular weight excluding hydrogens is 270 g/mol. The van der Waals surface area contributed by atoms with Gasteiger partial charge < -0.3 is 10.3 Å². The number of hydrogen-bond donors (Lipinski definition) is 1. The lowest BCUT2D eigenvalue weighted by Gasteiger charge is -2.18. The van der Waals surface area contributed by atoms with Gasteiger partial charge in [0.25, 0.3) is 0 Å². The van der Waals surface area contributed by atoms with Crippen molar-refractivity contribution in [2.24, 2.45) is 18.7 Å². The fourth-order valence-electron chi connectivity index (χ4n) is 3.40. The van der Waals surface area contributed by atoms with Gasteiger partial charge in [0.2, 0.25) is 0 Å². The third kappa shape index (κ3) is 2.68. The van der Waals surface area contributed by atoms with Gasteiger partial charge in [-0.05, 0) is 55.0 Å². The van der Waals surface area contributed by atoms with Crippen LogP contribution < -0.4 is 5.73 Å². The fourth-order valence-corrected chi connectivity index (χ4v) is 3.40. The number of hydrogen-bond acceptors (Lipinski definition) is 2. The highest BCUT2D eigenvalue weighted by Crippen LogP contribution is 2.32. The van der Waals surface area contributed by atoms with Crippen molar-refractivity contribution in [3.05, 3.63) is 35.0 Å². The van der Waals surface area contributed by atoms with Gasteiger partial charge in [-0.25, -0.2) is 0 Å². The minimum Gasteiger partial charge on any atom is -0.350 e. The van der Waals surface area contributed by atoms with Crippen molar-refractivity contribution in [3.63, 3.8) is 0 Å². The molecule has 1 aromatic carbocycles. The maximum atomic E-state index is 6.31. The van der Waals surface area contributed by atoms with E-state index in [2.05, 4.69) is 62.5 Å². The molecule has 0 saturated heterocycles. The highest BCUT2D eigenvalue weighted by Gasteiger charge is 2.23. The molecule has 3 rings (SSSR count). The van der Waals surface area contributed by atoms with Crippen molar-refractivity contribution in [2.75, 3.05) is 0 Å². The van der Waals surface area contributed by atoms with Gasteiger partial charge in [-0.1, -0.05) is 13.8 Å². The van der Waals surface area contributed by atoms with Crippen LogP contribution in [-0.2, 0) is 26.6 Å². The van der Waals surface area contributed by atoms with Crippen molar-refractivity contribution in [1.82, 2.24) is 9.47 Å². The predicted octanol–water partition coefficient (Wildman–Crippen LogP) is 3.43. The van der Waals surface area contributed by atoms with Gasteiger partial charge in [-0.3, -0.25) is 4.90 Å². The molecule has 3 heteroatoms. The summed E-state index contributed by atoms with van der Waals surface area (Å²) in [7, 11) is 2.15. The van der Waals surface area contributed by atoms with Crippen molar-refractivity contribution >= 4 is 10.9 Å². The van der Waals surface area contributed by atoms with Gasteiger partial charge in [0.1, 0.15) is 0 Å². The van der Waals surface area contributed by atoms with Crippen LogP contribution in [0.1, 0.15) is 44.4 Å². The van der Waals surface area contributed by atoms with Crippen LogP contribution in [0.15, 0.2) is 18.3 Å². The van der Waals surface area contributed by atoms with Crippen LogP contribution in [0.4, 0.5) is 0 Å². The lowest BCUT2D eigenvalue weighted by atomic mass is 9.96. The second-order valence-corrected chi connectivity index (χ2v) is 7.51. The second kappa shape index (κ2) is 5.71. The lowest BCUT2D eigenvalue weighted by Crippen LogP contribution is -2.28. The molecule has 1 atom stereocenters. The summed E-state index contributed by atoms with van der Waals surface area (Å²) in [5, 5.41) is 1.39. The van der Waals surface area contributed by atoms with Crippen LogP contribution in [0, 0.1) is 5.92 Å². The molecule has 1 aliphatic rings. The predicted molar refractivity (Wildman–Crippen MR) is 93.8 cm³/mol. The summed E-state index contributed by atoms with van der Waals surface area (Å²) < 4.78 is 2.26. The zero-order chi connectivity index (χ0) is 16.0. The van der Waals surface area contributed by atoms with Gasteiger partial charge in [0.15, 0.2) is 0 Å². The van der Waals surface area contributed by atoms with E-state index in [-0.39, 0.29) is 6.04 Å². The van der Waals surface area contributed by atoms with Gasteiger partial charge in [0.05, 0.1) is 0 Å². The van der Waals surface area contributed by atoms with Crippen LogP contribution in [0.25, 0.3) is 10.9 Å². The lowest BCUT2D eigenvalue weighted by molar-refractivity contribution is 0.227. The van der Waals surface area contributed by atoms with Crippen LogP contribution in [0.5, 0.6) is 0 Å². The molecule has 0 bridgehead atoms. The fraction of sp³-hybridized carbons (Fsp3) is 0.579. The molecule has 0 radical (unpaired) electrons. The average molecular weight is 299 g/mol. The number of aryl methyl sites for hydroxylation is 1. The standard InChI is InChI=1S/C19H29N3/c1-12(2)18(20)7-16-9-21(5)19-8-15-11-22(13(3)4)10-14(15)6-17(16)19/h6,8-9,12-13,18H,7,10-11,20H2,1-5H3. The number of nitrogens with zero attached hydrogens (tertiary/aromatic N) is 2. The molecule has 0 amide bonds. The van der Waals surface area contributed by atoms with Crippen molar-refractivity contribution in [1.29, 1.82) is 0 Å². The molecule has 120 valence electrons. The Balaban J connectivity index is 1.99. The molecule has 1 aromatic heterocycles. The third-order valence-electron chi connectivity index (χ3n) is 5.18. The zero-order valence-electron chi connectivity index (χ0n) is 14.6. The summed E-state index contributed by atoms with van der Waals surface area (Å²) in [5.41, 5.74) is 12.0. The Kier molecular flexibility index (Phi) is 4.04. The van der Waals surface area contributed by atoms with Crippen molar-refractivity contribution < 1.29 is 0 Å². The van der Waals surface area contributed by atoms with Crippen LogP contribution in [0.3, 0.4) is 0 Å². The molecule has 22 heavy (non-hydrogen) atoms. The van der Waals surface area contributed by atoms with Crippen molar-refractivity contribution in [2.45, 2.75) is 59.3 Å². The largest absolute Gasteiger partial charge is 0.350 e. The minimum atomic E-state index is 0.228. The van der Waals surface area contributed by atoms with E-state index in [0.717, 1.165) is 19.5 Å². The minimum absolute atomic E-state index is 0.228. The highest BCUT2D eigenvalue weighted by atomic mass is 15.2. The molecule has 1 unspecified atom stereocenters. The van der Waals surface area contributed by atoms with E-state index in [0.29, 0.717) is 12.0 Å². The molecule has 3 nitrogen and oxygen atoms in total. The molecule has 0 saturated carbocycles. The molecule has 2 aromatic rings. The number of nitrogens with two attached hydrogens (primary N) is 1. The summed E-state index contributed by atoms with van der Waals surface area (Å²) in [6, 6.07) is 5.63. The zero-order valence-corrected chi connectivity index (χ0v) is 14.6. The second-order valence-electron chi connectivity index (χ2n) is 7.51. The Morgan fingerprint density at radius 2 is 1.73 bits per heavy atom. The van der Waals surface area contributed by atoms with E-state index in [1.807, 2.05) is 0 Å². The number of rotatable bonds is 4. The summed E-state index contributed by atoms with van der Waals surface area (Å²) in [6.45, 7) is 11.1. The Bertz CT molecular complexity index is 682. The molecule has 2 heterocycles. The molecule has 0 fully saturated rings. The molecular formula is C19H29N3. The van der Waals surface area contributed by atoms with E-state index in [1.165, 1.54) is 27.6 Å². The first kappa shape index (κ1) is 15.6. The van der Waals surface area contributed by atoms with E-state index >= 15 is 0 Å². The Morgan fingerprint density at radius 3 is 2.32 bits per heavy atom. The molecule has 0 spiro atoms. The van der Waals surface area contributed by atoms with Gasteiger partial charge >= 0.3 is 0 Å². The maximum Gasteiger partial charge on any atom is 0.0484 e. The number of benzene rings is 1. The van der Waals surface area contributed by atoms with E-state index in [4.69, 9.17) is 5.73 Å². The van der Waals surface area contributed by atoms with Crippen LogP contribution in [0.2, 0.25) is 0 Å². The number of aromatic nitrogens is 1. The summed E-state index contributed by atoms with van der Waals surface area (Å²) >= 11 is 0. The van der Waals surface area contributed by atoms with Gasteiger partial charge in [0, 0.05) is 49.3 Å². The first-order valence-electron chi connectivity index (χ1n) is 8.46. The summed E-state index contributed by atoms with van der Waals surface area (Å²) in [5.74, 6) is 0.515. The first-order valence-corrected chi connectivity index (χ1v) is 8.46. The quantitative estimate of drug-likeness (QED) is 0.938. The monoisotopic (exact) mass is 299 g/mol. The summed E-state index contributed by atoms with van der Waals surface area (Å²) in [6.07, 6.45) is 3.23. The van der Waals surface area contributed by atoms with E-state index in [9.17, 15) is 0 Å².